The molecule has 0 aliphatic rings. The third kappa shape index (κ3) is 4.68. The standard InChI is InChI=1S/C17H16ClNO3S/c1-14(20)13-19(16-8-3-2-4-9-16)23(21,22)12-11-15-7-5-6-10-17(15)18/h2-12H,13H2,1H3/b12-11+. The van der Waals surface area contributed by atoms with E-state index in [1.165, 1.54) is 13.0 Å². The lowest BCUT2D eigenvalue weighted by Crippen LogP contribution is -2.33. The number of Topliss-reactive ketones (excluding diaryl/α,β-unsaturated/α-hetero) is 1. The molecule has 0 heterocycles. The summed E-state index contributed by atoms with van der Waals surface area (Å²) < 4.78 is 26.3. The fourth-order valence-electron chi connectivity index (χ4n) is 1.97. The average molecular weight is 350 g/mol. The molecule has 0 unspecified atom stereocenters. The number of nitrogens with zero attached hydrogens (tertiary/aromatic N) is 1. The molecule has 6 heteroatoms. The van der Waals surface area contributed by atoms with Crippen LogP contribution < -0.4 is 4.31 Å². The smallest absolute Gasteiger partial charge is 0.257 e. The van der Waals surface area contributed by atoms with Crippen molar-refractivity contribution in [2.45, 2.75) is 6.92 Å². The Kier molecular flexibility index (Phi) is 5.58. The number of ketones is 1. The van der Waals surface area contributed by atoms with Gasteiger partial charge < -0.3 is 0 Å². The highest BCUT2D eigenvalue weighted by molar-refractivity contribution is 7.95. The Hall–Kier alpha value is -2.11. The van der Waals surface area contributed by atoms with Crippen LogP contribution in [0.5, 0.6) is 0 Å². The third-order valence-electron chi connectivity index (χ3n) is 3.04. The monoisotopic (exact) mass is 349 g/mol. The fraction of sp³-hybridized carbons (Fsp3) is 0.118. The van der Waals surface area contributed by atoms with E-state index >= 15 is 0 Å². The highest BCUT2D eigenvalue weighted by Crippen LogP contribution is 2.21. The number of carbonyl (C=O) groups is 1. The van der Waals surface area contributed by atoms with E-state index < -0.39 is 10.0 Å². The lowest BCUT2D eigenvalue weighted by atomic mass is 10.2. The van der Waals surface area contributed by atoms with Gasteiger partial charge >= 0.3 is 0 Å². The predicted octanol–water partition coefficient (Wildman–Crippen LogP) is 3.74. The molecule has 120 valence electrons. The molecule has 0 N–H and O–H groups in total. The molecule has 0 amide bonds. The molecule has 0 saturated heterocycles. The summed E-state index contributed by atoms with van der Waals surface area (Å²) in [7, 11) is -3.81. The lowest BCUT2D eigenvalue weighted by Gasteiger charge is -2.21. The zero-order chi connectivity index (χ0) is 16.9. The van der Waals surface area contributed by atoms with E-state index in [0.29, 0.717) is 16.3 Å². The van der Waals surface area contributed by atoms with Crippen molar-refractivity contribution in [1.29, 1.82) is 0 Å². The van der Waals surface area contributed by atoms with Crippen molar-refractivity contribution < 1.29 is 13.2 Å². The second kappa shape index (κ2) is 7.44. The molecule has 0 radical (unpaired) electrons. The van der Waals surface area contributed by atoms with E-state index in [1.54, 1.807) is 54.6 Å². The maximum Gasteiger partial charge on any atom is 0.257 e. The first-order valence-corrected chi connectivity index (χ1v) is 8.78. The highest BCUT2D eigenvalue weighted by atomic mass is 35.5. The maximum absolute atomic E-state index is 12.6. The van der Waals surface area contributed by atoms with Gasteiger partial charge in [0.1, 0.15) is 5.78 Å². The minimum Gasteiger partial charge on any atom is -0.298 e. The molecule has 0 aromatic heterocycles. The van der Waals surface area contributed by atoms with Gasteiger partial charge in [0.2, 0.25) is 0 Å². The minimum absolute atomic E-state index is 0.223. The zero-order valence-corrected chi connectivity index (χ0v) is 14.1. The average Bonchev–Trinajstić information content (AvgIpc) is 2.52. The topological polar surface area (TPSA) is 54.5 Å². The number of para-hydroxylation sites is 1. The number of sulfonamides is 1. The highest BCUT2D eigenvalue weighted by Gasteiger charge is 2.21. The first-order chi connectivity index (χ1) is 10.9. The molecule has 2 aromatic rings. The molecule has 0 aliphatic heterocycles. The Morgan fingerprint density at radius 1 is 1.09 bits per heavy atom. The normalized spacial score (nSPS) is 11.6. The van der Waals surface area contributed by atoms with Gasteiger partial charge in [-0.15, -0.1) is 0 Å². The van der Waals surface area contributed by atoms with Crippen LogP contribution in [0.15, 0.2) is 60.0 Å². The first kappa shape index (κ1) is 17.2. The van der Waals surface area contributed by atoms with Crippen LogP contribution in [0.3, 0.4) is 0 Å². The molecule has 0 atom stereocenters. The number of halogens is 1. The predicted molar refractivity (Wildman–Crippen MR) is 93.9 cm³/mol. The minimum atomic E-state index is -3.81. The molecule has 4 nitrogen and oxygen atoms in total. The maximum atomic E-state index is 12.6. The molecule has 0 bridgehead atoms. The van der Waals surface area contributed by atoms with Gasteiger partial charge in [-0.2, -0.15) is 0 Å². The van der Waals surface area contributed by atoms with E-state index in [-0.39, 0.29) is 12.3 Å². The quantitative estimate of drug-likeness (QED) is 0.798. The first-order valence-electron chi connectivity index (χ1n) is 6.90. The summed E-state index contributed by atoms with van der Waals surface area (Å²) in [6.07, 6.45) is 1.42. The number of benzene rings is 2. The van der Waals surface area contributed by atoms with Crippen LogP contribution >= 0.6 is 11.6 Å². The van der Waals surface area contributed by atoms with Crippen LogP contribution in [-0.4, -0.2) is 20.7 Å². The van der Waals surface area contributed by atoms with Gasteiger partial charge in [0.25, 0.3) is 10.0 Å². The lowest BCUT2D eigenvalue weighted by molar-refractivity contribution is -0.115. The second-order valence-electron chi connectivity index (χ2n) is 4.91. The summed E-state index contributed by atoms with van der Waals surface area (Å²) in [5, 5.41) is 1.52. The van der Waals surface area contributed by atoms with Crippen molar-refractivity contribution >= 4 is 39.2 Å². The van der Waals surface area contributed by atoms with Crippen molar-refractivity contribution in [2.24, 2.45) is 0 Å². The number of carbonyl (C=O) groups excluding carboxylic acids is 1. The van der Waals surface area contributed by atoms with E-state index in [4.69, 9.17) is 11.6 Å². The van der Waals surface area contributed by atoms with E-state index in [0.717, 1.165) is 9.71 Å². The van der Waals surface area contributed by atoms with Crippen LogP contribution in [0.4, 0.5) is 5.69 Å². The molecule has 0 saturated carbocycles. The van der Waals surface area contributed by atoms with Gasteiger partial charge in [0.05, 0.1) is 17.6 Å². The van der Waals surface area contributed by atoms with E-state index in [1.807, 2.05) is 0 Å². The number of rotatable bonds is 6. The van der Waals surface area contributed by atoms with Crippen molar-refractivity contribution in [3.8, 4) is 0 Å². The van der Waals surface area contributed by atoms with Crippen LogP contribution in [0, 0.1) is 0 Å². The number of anilines is 1. The molecule has 0 aliphatic carbocycles. The Morgan fingerprint density at radius 3 is 2.30 bits per heavy atom. The summed E-state index contributed by atoms with van der Waals surface area (Å²) in [5.74, 6) is -0.247. The Balaban J connectivity index is 2.37. The van der Waals surface area contributed by atoms with Crippen LogP contribution in [0.25, 0.3) is 6.08 Å². The van der Waals surface area contributed by atoms with Gasteiger partial charge in [-0.25, -0.2) is 8.42 Å². The Morgan fingerprint density at radius 2 is 1.70 bits per heavy atom. The van der Waals surface area contributed by atoms with Crippen molar-refractivity contribution in [3.63, 3.8) is 0 Å². The molecule has 2 aromatic carbocycles. The SMILES string of the molecule is CC(=O)CN(c1ccccc1)S(=O)(=O)/C=C/c1ccccc1Cl. The van der Waals surface area contributed by atoms with Crippen LogP contribution in [0.2, 0.25) is 5.02 Å². The molecule has 23 heavy (non-hydrogen) atoms. The largest absolute Gasteiger partial charge is 0.298 e. The summed E-state index contributed by atoms with van der Waals surface area (Å²) in [6.45, 7) is 1.13. The van der Waals surface area contributed by atoms with Crippen molar-refractivity contribution in [3.05, 3.63) is 70.6 Å². The van der Waals surface area contributed by atoms with Gasteiger partial charge in [-0.1, -0.05) is 48.0 Å². The summed E-state index contributed by atoms with van der Waals surface area (Å²) >= 11 is 6.02. The summed E-state index contributed by atoms with van der Waals surface area (Å²) in [6, 6.07) is 15.4. The van der Waals surface area contributed by atoms with Gasteiger partial charge in [-0.3, -0.25) is 9.10 Å². The molecule has 0 spiro atoms. The van der Waals surface area contributed by atoms with Gasteiger partial charge in [0.15, 0.2) is 0 Å². The van der Waals surface area contributed by atoms with Gasteiger partial charge in [-0.05, 0) is 36.8 Å². The molecular formula is C17H16ClNO3S. The van der Waals surface area contributed by atoms with Crippen molar-refractivity contribution in [2.75, 3.05) is 10.8 Å². The number of hydrogen-bond donors (Lipinski definition) is 0. The third-order valence-corrected chi connectivity index (χ3v) is 4.82. The van der Waals surface area contributed by atoms with Crippen LogP contribution in [0.1, 0.15) is 12.5 Å². The van der Waals surface area contributed by atoms with E-state index in [2.05, 4.69) is 0 Å². The van der Waals surface area contributed by atoms with E-state index in [9.17, 15) is 13.2 Å². The Labute approximate surface area is 141 Å². The summed E-state index contributed by atoms with van der Waals surface area (Å²) in [5.41, 5.74) is 1.03. The fourth-order valence-corrected chi connectivity index (χ4v) is 3.41. The van der Waals surface area contributed by atoms with Gasteiger partial charge in [0, 0.05) is 5.02 Å². The Bertz CT molecular complexity index is 817. The molecular weight excluding hydrogens is 334 g/mol. The molecule has 0 fully saturated rings. The summed E-state index contributed by atoms with van der Waals surface area (Å²) in [4.78, 5) is 11.5. The second-order valence-corrected chi connectivity index (χ2v) is 7.06. The molecule has 2 rings (SSSR count). The van der Waals surface area contributed by atoms with Crippen LogP contribution in [-0.2, 0) is 14.8 Å². The number of hydrogen-bond acceptors (Lipinski definition) is 3. The van der Waals surface area contributed by atoms with Crippen molar-refractivity contribution in [1.82, 2.24) is 0 Å². The zero-order valence-electron chi connectivity index (χ0n) is 12.5.